The molecular weight excluding hydrogens is 326 g/mol. The van der Waals surface area contributed by atoms with E-state index in [1.807, 2.05) is 19.1 Å². The topological polar surface area (TPSA) is 47.6 Å². The van der Waals surface area contributed by atoms with Crippen LogP contribution in [0.5, 0.6) is 11.5 Å². The molecule has 2 aromatic rings. The van der Waals surface area contributed by atoms with E-state index < -0.39 is 0 Å². The molecule has 0 unspecified atom stereocenters. The highest BCUT2D eigenvalue weighted by Crippen LogP contribution is 2.22. The van der Waals surface area contributed by atoms with Crippen LogP contribution in [-0.2, 0) is 0 Å². The molecule has 1 amide bonds. The van der Waals surface area contributed by atoms with E-state index in [-0.39, 0.29) is 19.1 Å². The first-order chi connectivity index (χ1) is 11.7. The van der Waals surface area contributed by atoms with E-state index in [9.17, 15) is 4.79 Å². The molecule has 0 aromatic heterocycles. The van der Waals surface area contributed by atoms with E-state index in [0.717, 1.165) is 5.75 Å². The fraction of sp³-hybridized carbons (Fsp3) is 0.211. The zero-order chi connectivity index (χ0) is 17.2. The van der Waals surface area contributed by atoms with Crippen molar-refractivity contribution in [2.75, 3.05) is 19.8 Å². The summed E-state index contributed by atoms with van der Waals surface area (Å²) in [6.07, 6.45) is 0. The van der Waals surface area contributed by atoms with Gasteiger partial charge in [-0.05, 0) is 43.3 Å². The Morgan fingerprint density at radius 1 is 1.08 bits per heavy atom. The van der Waals surface area contributed by atoms with Crippen molar-refractivity contribution in [3.8, 4) is 23.3 Å². The number of rotatable bonds is 6. The van der Waals surface area contributed by atoms with Gasteiger partial charge in [-0.25, -0.2) is 0 Å². The predicted octanol–water partition coefficient (Wildman–Crippen LogP) is 3.55. The summed E-state index contributed by atoms with van der Waals surface area (Å²) in [5, 5.41) is 3.27. The van der Waals surface area contributed by atoms with Crippen molar-refractivity contribution in [1.82, 2.24) is 5.32 Å². The number of amides is 1. The third-order valence-corrected chi connectivity index (χ3v) is 3.34. The highest BCUT2D eigenvalue weighted by Gasteiger charge is 2.03. The van der Waals surface area contributed by atoms with Gasteiger partial charge in [0.2, 0.25) is 0 Å². The fourth-order valence-corrected chi connectivity index (χ4v) is 2.08. The molecule has 0 aliphatic heterocycles. The van der Waals surface area contributed by atoms with Crippen LogP contribution < -0.4 is 14.8 Å². The summed E-state index contributed by atoms with van der Waals surface area (Å²) in [4.78, 5) is 11.9. The third kappa shape index (κ3) is 5.53. The van der Waals surface area contributed by atoms with E-state index in [2.05, 4.69) is 17.2 Å². The Bertz CT molecular complexity index is 732. The van der Waals surface area contributed by atoms with Gasteiger partial charge in [-0.1, -0.05) is 35.6 Å². The molecule has 0 fully saturated rings. The van der Waals surface area contributed by atoms with Crippen LogP contribution >= 0.6 is 11.6 Å². The molecule has 0 radical (unpaired) electrons. The van der Waals surface area contributed by atoms with Gasteiger partial charge in [-0.2, -0.15) is 0 Å². The van der Waals surface area contributed by atoms with Crippen molar-refractivity contribution >= 4 is 17.5 Å². The monoisotopic (exact) mass is 343 g/mol. The first-order valence-corrected chi connectivity index (χ1v) is 7.92. The van der Waals surface area contributed by atoms with Crippen LogP contribution in [0.2, 0.25) is 5.02 Å². The molecule has 124 valence electrons. The summed E-state index contributed by atoms with van der Waals surface area (Å²) in [6.45, 7) is 2.97. The number of halogens is 1. The fourth-order valence-electron chi connectivity index (χ4n) is 1.88. The SMILES string of the molecule is CCOc1ccc(C(=O)NCC#CCOc2ccccc2Cl)cc1. The van der Waals surface area contributed by atoms with Gasteiger partial charge in [0.05, 0.1) is 18.2 Å². The molecule has 0 atom stereocenters. The summed E-state index contributed by atoms with van der Waals surface area (Å²) in [5.74, 6) is 6.81. The largest absolute Gasteiger partial charge is 0.494 e. The number of hydrogen-bond donors (Lipinski definition) is 1. The number of carbonyl (C=O) groups excluding carboxylic acids is 1. The summed E-state index contributed by atoms with van der Waals surface area (Å²) in [5.41, 5.74) is 0.563. The lowest BCUT2D eigenvalue weighted by Gasteiger charge is -2.05. The van der Waals surface area contributed by atoms with Crippen LogP contribution in [0.4, 0.5) is 0 Å². The highest BCUT2D eigenvalue weighted by molar-refractivity contribution is 6.32. The summed E-state index contributed by atoms with van der Waals surface area (Å²) in [6, 6.07) is 14.2. The molecule has 0 heterocycles. The Morgan fingerprint density at radius 3 is 2.54 bits per heavy atom. The smallest absolute Gasteiger partial charge is 0.252 e. The number of hydrogen-bond acceptors (Lipinski definition) is 3. The minimum Gasteiger partial charge on any atom is -0.494 e. The molecule has 5 heteroatoms. The molecule has 0 spiro atoms. The minimum absolute atomic E-state index is 0.181. The maximum Gasteiger partial charge on any atom is 0.252 e. The average Bonchev–Trinajstić information content (AvgIpc) is 2.60. The van der Waals surface area contributed by atoms with Gasteiger partial charge in [0.25, 0.3) is 5.91 Å². The Morgan fingerprint density at radius 2 is 1.83 bits per heavy atom. The number of nitrogens with one attached hydrogen (secondary N) is 1. The lowest BCUT2D eigenvalue weighted by Crippen LogP contribution is -2.23. The number of para-hydroxylation sites is 1. The van der Waals surface area contributed by atoms with E-state index in [0.29, 0.717) is 22.9 Å². The summed E-state index contributed by atoms with van der Waals surface area (Å²) < 4.78 is 10.8. The normalized spacial score (nSPS) is 9.58. The van der Waals surface area contributed by atoms with Crippen LogP contribution in [0.25, 0.3) is 0 Å². The third-order valence-electron chi connectivity index (χ3n) is 3.03. The molecule has 0 saturated carbocycles. The molecule has 4 nitrogen and oxygen atoms in total. The van der Waals surface area contributed by atoms with Gasteiger partial charge in [0.1, 0.15) is 18.1 Å². The first-order valence-electron chi connectivity index (χ1n) is 7.55. The van der Waals surface area contributed by atoms with Crippen molar-refractivity contribution in [3.05, 3.63) is 59.1 Å². The zero-order valence-electron chi connectivity index (χ0n) is 13.3. The van der Waals surface area contributed by atoms with E-state index in [1.54, 1.807) is 36.4 Å². The summed E-state index contributed by atoms with van der Waals surface area (Å²) >= 11 is 5.97. The van der Waals surface area contributed by atoms with Crippen LogP contribution in [0.1, 0.15) is 17.3 Å². The zero-order valence-corrected chi connectivity index (χ0v) is 14.1. The Kier molecular flexibility index (Phi) is 7.00. The van der Waals surface area contributed by atoms with E-state index in [1.165, 1.54) is 0 Å². The molecular formula is C19H18ClNO3. The lowest BCUT2D eigenvalue weighted by atomic mass is 10.2. The van der Waals surface area contributed by atoms with Gasteiger partial charge in [-0.3, -0.25) is 4.79 Å². The Balaban J connectivity index is 1.74. The molecule has 0 bridgehead atoms. The minimum atomic E-state index is -0.181. The molecule has 24 heavy (non-hydrogen) atoms. The average molecular weight is 344 g/mol. The van der Waals surface area contributed by atoms with Crippen LogP contribution in [0, 0.1) is 11.8 Å². The number of carbonyl (C=O) groups is 1. The van der Waals surface area contributed by atoms with Crippen LogP contribution in [0.15, 0.2) is 48.5 Å². The molecule has 1 N–H and O–H groups in total. The van der Waals surface area contributed by atoms with Crippen molar-refractivity contribution < 1.29 is 14.3 Å². The standard InChI is InChI=1S/C19H18ClNO3/c1-2-23-16-11-9-15(10-12-16)19(22)21-13-5-6-14-24-18-8-4-3-7-17(18)20/h3-4,7-12H,2,13-14H2,1H3,(H,21,22). The molecule has 0 aliphatic carbocycles. The molecule has 0 saturated heterocycles. The predicted molar refractivity (Wildman–Crippen MR) is 94.7 cm³/mol. The number of ether oxygens (including phenoxy) is 2. The molecule has 0 aliphatic rings. The van der Waals surface area contributed by atoms with Crippen molar-refractivity contribution in [2.45, 2.75) is 6.92 Å². The van der Waals surface area contributed by atoms with E-state index >= 15 is 0 Å². The lowest BCUT2D eigenvalue weighted by molar-refractivity contribution is 0.0958. The van der Waals surface area contributed by atoms with Crippen LogP contribution in [-0.4, -0.2) is 25.7 Å². The molecule has 2 rings (SSSR count). The van der Waals surface area contributed by atoms with Crippen molar-refractivity contribution in [2.24, 2.45) is 0 Å². The molecule has 2 aromatic carbocycles. The van der Waals surface area contributed by atoms with Gasteiger partial charge in [0, 0.05) is 5.56 Å². The number of benzene rings is 2. The first kappa shape index (κ1) is 17.7. The van der Waals surface area contributed by atoms with Crippen molar-refractivity contribution in [1.29, 1.82) is 0 Å². The maximum atomic E-state index is 11.9. The van der Waals surface area contributed by atoms with Gasteiger partial charge in [0.15, 0.2) is 0 Å². The second-order valence-corrected chi connectivity index (χ2v) is 5.12. The Labute approximate surface area is 146 Å². The van der Waals surface area contributed by atoms with Gasteiger partial charge in [-0.15, -0.1) is 0 Å². The second kappa shape index (κ2) is 9.49. The second-order valence-electron chi connectivity index (χ2n) is 4.71. The van der Waals surface area contributed by atoms with Crippen molar-refractivity contribution in [3.63, 3.8) is 0 Å². The highest BCUT2D eigenvalue weighted by atomic mass is 35.5. The van der Waals surface area contributed by atoms with Gasteiger partial charge >= 0.3 is 0 Å². The van der Waals surface area contributed by atoms with E-state index in [4.69, 9.17) is 21.1 Å². The Hall–Kier alpha value is -2.64. The van der Waals surface area contributed by atoms with Gasteiger partial charge < -0.3 is 14.8 Å². The maximum absolute atomic E-state index is 11.9. The van der Waals surface area contributed by atoms with Crippen LogP contribution in [0.3, 0.4) is 0 Å². The quantitative estimate of drug-likeness (QED) is 0.816. The summed E-state index contributed by atoms with van der Waals surface area (Å²) in [7, 11) is 0.